The van der Waals surface area contributed by atoms with Crippen LogP contribution in [-0.4, -0.2) is 61.5 Å². The molecule has 1 aromatic carbocycles. The van der Waals surface area contributed by atoms with Crippen molar-refractivity contribution in [3.63, 3.8) is 0 Å². The number of carbonyl (C=O) groups excluding carboxylic acids is 3. The number of piperidine rings is 1. The first-order valence-corrected chi connectivity index (χ1v) is 11.0. The summed E-state index contributed by atoms with van der Waals surface area (Å²) in [6.07, 6.45) is 2.01. The average Bonchev–Trinajstić information content (AvgIpc) is 3.03. The second-order valence-electron chi connectivity index (χ2n) is 7.08. The van der Waals surface area contributed by atoms with Gasteiger partial charge in [-0.2, -0.15) is 4.31 Å². The van der Waals surface area contributed by atoms with Gasteiger partial charge in [0.05, 0.1) is 4.90 Å². The van der Waals surface area contributed by atoms with Gasteiger partial charge in [-0.3, -0.25) is 19.3 Å². The number of likely N-dealkylation sites (tertiary alicyclic amines) is 1. The summed E-state index contributed by atoms with van der Waals surface area (Å²) in [5, 5.41) is 2.84. The summed E-state index contributed by atoms with van der Waals surface area (Å²) < 4.78 is 26.7. The van der Waals surface area contributed by atoms with Crippen molar-refractivity contribution in [2.75, 3.05) is 26.2 Å². The fourth-order valence-electron chi connectivity index (χ4n) is 3.57. The number of sulfonamides is 1. The van der Waals surface area contributed by atoms with E-state index in [9.17, 15) is 22.8 Å². The molecule has 2 aliphatic rings. The monoisotopic (exact) mass is 407 g/mol. The number of nitrogens with one attached hydrogen (secondary N) is 1. The van der Waals surface area contributed by atoms with Crippen molar-refractivity contribution >= 4 is 27.7 Å². The Morgan fingerprint density at radius 1 is 1.04 bits per heavy atom. The zero-order valence-corrected chi connectivity index (χ0v) is 16.5. The maximum Gasteiger partial charge on any atom is 0.243 e. The van der Waals surface area contributed by atoms with E-state index in [4.69, 9.17) is 0 Å². The van der Waals surface area contributed by atoms with Gasteiger partial charge in [0, 0.05) is 44.9 Å². The van der Waals surface area contributed by atoms with Crippen LogP contribution in [0.2, 0.25) is 0 Å². The van der Waals surface area contributed by atoms with Crippen LogP contribution in [0.1, 0.15) is 32.1 Å². The molecular formula is C19H25N3O5S. The van der Waals surface area contributed by atoms with Gasteiger partial charge >= 0.3 is 0 Å². The largest absolute Gasteiger partial charge is 0.356 e. The summed E-state index contributed by atoms with van der Waals surface area (Å²) in [7, 11) is -3.52. The molecule has 3 amide bonds. The van der Waals surface area contributed by atoms with E-state index in [1.54, 1.807) is 30.3 Å². The molecule has 1 aromatic rings. The molecule has 8 nitrogen and oxygen atoms in total. The average molecular weight is 407 g/mol. The van der Waals surface area contributed by atoms with E-state index in [0.29, 0.717) is 45.4 Å². The Bertz CT molecular complexity index is 816. The van der Waals surface area contributed by atoms with E-state index in [2.05, 4.69) is 5.32 Å². The molecule has 152 valence electrons. The standard InChI is InChI=1S/C19H25N3O5S/c23-17-7-8-18(24)22(17)12-4-11-20-19(25)15-9-13-21(14-10-15)28(26,27)16-5-2-1-3-6-16/h1-3,5-6,15H,4,7-14H2,(H,20,25). The van der Waals surface area contributed by atoms with Gasteiger partial charge < -0.3 is 5.32 Å². The second-order valence-corrected chi connectivity index (χ2v) is 9.01. The summed E-state index contributed by atoms with van der Waals surface area (Å²) in [6.45, 7) is 1.34. The Hall–Kier alpha value is -2.26. The van der Waals surface area contributed by atoms with Crippen molar-refractivity contribution in [2.45, 2.75) is 37.0 Å². The SMILES string of the molecule is O=C(NCCCN1C(=O)CCC1=O)C1CCN(S(=O)(=O)c2ccccc2)CC1. The number of nitrogens with zero attached hydrogens (tertiary/aromatic N) is 2. The molecule has 0 spiro atoms. The van der Waals surface area contributed by atoms with Crippen LogP contribution in [-0.2, 0) is 24.4 Å². The maximum atomic E-state index is 12.6. The molecule has 0 radical (unpaired) electrons. The lowest BCUT2D eigenvalue weighted by Gasteiger charge is -2.30. The molecule has 0 bridgehead atoms. The Morgan fingerprint density at radius 3 is 2.25 bits per heavy atom. The predicted molar refractivity (Wildman–Crippen MR) is 102 cm³/mol. The normalized spacial score (nSPS) is 19.2. The third-order valence-corrected chi connectivity index (χ3v) is 7.13. The minimum atomic E-state index is -3.52. The molecule has 3 rings (SSSR count). The Balaban J connectivity index is 1.41. The molecule has 0 unspecified atom stereocenters. The van der Waals surface area contributed by atoms with E-state index >= 15 is 0 Å². The van der Waals surface area contributed by atoms with Crippen molar-refractivity contribution in [1.82, 2.24) is 14.5 Å². The highest BCUT2D eigenvalue weighted by molar-refractivity contribution is 7.89. The molecule has 2 heterocycles. The van der Waals surface area contributed by atoms with E-state index in [0.717, 1.165) is 0 Å². The van der Waals surface area contributed by atoms with Crippen LogP contribution in [0, 0.1) is 5.92 Å². The third kappa shape index (κ3) is 4.59. The van der Waals surface area contributed by atoms with E-state index in [1.165, 1.54) is 9.21 Å². The number of hydrogen-bond acceptors (Lipinski definition) is 5. The zero-order valence-electron chi connectivity index (χ0n) is 15.7. The molecule has 0 saturated carbocycles. The van der Waals surface area contributed by atoms with Crippen LogP contribution >= 0.6 is 0 Å². The molecule has 9 heteroatoms. The number of imide groups is 1. The fraction of sp³-hybridized carbons (Fsp3) is 0.526. The van der Waals surface area contributed by atoms with Crippen molar-refractivity contribution in [3.05, 3.63) is 30.3 Å². The minimum absolute atomic E-state index is 0.101. The quantitative estimate of drug-likeness (QED) is 0.530. The smallest absolute Gasteiger partial charge is 0.243 e. The van der Waals surface area contributed by atoms with Crippen molar-refractivity contribution < 1.29 is 22.8 Å². The fourth-order valence-corrected chi connectivity index (χ4v) is 5.06. The van der Waals surface area contributed by atoms with Gasteiger partial charge in [-0.25, -0.2) is 8.42 Å². The molecule has 2 aliphatic heterocycles. The number of benzene rings is 1. The number of hydrogen-bond donors (Lipinski definition) is 1. The van der Waals surface area contributed by atoms with Gasteiger partial charge in [-0.15, -0.1) is 0 Å². The van der Waals surface area contributed by atoms with Gasteiger partial charge in [0.1, 0.15) is 0 Å². The van der Waals surface area contributed by atoms with Crippen LogP contribution in [0.4, 0.5) is 0 Å². The summed E-state index contributed by atoms with van der Waals surface area (Å²) in [5.41, 5.74) is 0. The Labute approximate surface area is 164 Å². The molecule has 2 fully saturated rings. The number of amides is 3. The zero-order chi connectivity index (χ0) is 20.1. The summed E-state index contributed by atoms with van der Waals surface area (Å²) in [6, 6.07) is 8.30. The molecule has 2 saturated heterocycles. The highest BCUT2D eigenvalue weighted by Gasteiger charge is 2.32. The topological polar surface area (TPSA) is 104 Å². The predicted octanol–water partition coefficient (Wildman–Crippen LogP) is 0.743. The maximum absolute atomic E-state index is 12.6. The lowest BCUT2D eigenvalue weighted by atomic mass is 9.97. The van der Waals surface area contributed by atoms with Crippen molar-refractivity contribution in [1.29, 1.82) is 0 Å². The molecular weight excluding hydrogens is 382 g/mol. The Kier molecular flexibility index (Phi) is 6.46. The highest BCUT2D eigenvalue weighted by atomic mass is 32.2. The molecule has 0 atom stereocenters. The van der Waals surface area contributed by atoms with Crippen LogP contribution in [0.3, 0.4) is 0 Å². The van der Waals surface area contributed by atoms with Crippen molar-refractivity contribution in [2.24, 2.45) is 5.92 Å². The first kappa shape index (κ1) is 20.5. The summed E-state index contributed by atoms with van der Waals surface area (Å²) >= 11 is 0. The van der Waals surface area contributed by atoms with E-state index in [-0.39, 0.29) is 41.4 Å². The molecule has 28 heavy (non-hydrogen) atoms. The molecule has 0 aliphatic carbocycles. The summed E-state index contributed by atoms with van der Waals surface area (Å²) in [4.78, 5) is 36.9. The van der Waals surface area contributed by atoms with Gasteiger partial charge in [0.15, 0.2) is 0 Å². The highest BCUT2D eigenvalue weighted by Crippen LogP contribution is 2.23. The van der Waals surface area contributed by atoms with E-state index in [1.807, 2.05) is 0 Å². The second kappa shape index (κ2) is 8.83. The van der Waals surface area contributed by atoms with Crippen molar-refractivity contribution in [3.8, 4) is 0 Å². The lowest BCUT2D eigenvalue weighted by molar-refractivity contribution is -0.138. The minimum Gasteiger partial charge on any atom is -0.356 e. The number of carbonyl (C=O) groups is 3. The van der Waals surface area contributed by atoms with Crippen LogP contribution in [0.5, 0.6) is 0 Å². The third-order valence-electron chi connectivity index (χ3n) is 5.22. The first-order valence-electron chi connectivity index (χ1n) is 9.55. The molecule has 1 N–H and O–H groups in total. The van der Waals surface area contributed by atoms with Crippen LogP contribution in [0.25, 0.3) is 0 Å². The molecule has 0 aromatic heterocycles. The van der Waals surface area contributed by atoms with Gasteiger partial charge in [-0.05, 0) is 31.4 Å². The van der Waals surface area contributed by atoms with Gasteiger partial charge in [-0.1, -0.05) is 18.2 Å². The van der Waals surface area contributed by atoms with Crippen LogP contribution in [0.15, 0.2) is 35.2 Å². The van der Waals surface area contributed by atoms with Gasteiger partial charge in [0.2, 0.25) is 27.7 Å². The van der Waals surface area contributed by atoms with E-state index < -0.39 is 10.0 Å². The van der Waals surface area contributed by atoms with Crippen LogP contribution < -0.4 is 5.32 Å². The Morgan fingerprint density at radius 2 is 1.64 bits per heavy atom. The summed E-state index contributed by atoms with van der Waals surface area (Å²) in [5.74, 6) is -0.625. The first-order chi connectivity index (χ1) is 13.4. The van der Waals surface area contributed by atoms with Gasteiger partial charge in [0.25, 0.3) is 0 Å². The lowest BCUT2D eigenvalue weighted by Crippen LogP contribution is -2.43. The number of rotatable bonds is 7.